The van der Waals surface area contributed by atoms with Gasteiger partial charge in [-0.3, -0.25) is 0 Å². The van der Waals surface area contributed by atoms with Gasteiger partial charge < -0.3 is 14.9 Å². The van der Waals surface area contributed by atoms with Crippen molar-refractivity contribution in [3.63, 3.8) is 0 Å². The number of hydrogen-bond donors (Lipinski definition) is 1. The van der Waals surface area contributed by atoms with Crippen LogP contribution in [0, 0.1) is 0 Å². The van der Waals surface area contributed by atoms with Crippen molar-refractivity contribution in [2.45, 2.75) is 6.42 Å². The van der Waals surface area contributed by atoms with Gasteiger partial charge in [-0.15, -0.1) is 0 Å². The van der Waals surface area contributed by atoms with Gasteiger partial charge in [0.15, 0.2) is 0 Å². The molecule has 0 saturated carbocycles. The van der Waals surface area contributed by atoms with Crippen molar-refractivity contribution < 1.29 is 0 Å². The second-order valence-corrected chi connectivity index (χ2v) is 15.6. The fraction of sp³-hybridized carbons (Fsp3) is 0.0182. The van der Waals surface area contributed by atoms with Crippen LogP contribution in [0.3, 0.4) is 0 Å². The Morgan fingerprint density at radius 3 is 1.86 bits per heavy atom. The van der Waals surface area contributed by atoms with Crippen LogP contribution in [0.4, 0.5) is 0 Å². The normalized spacial score (nSPS) is 12.6. The Hall–Kier alpha value is -7.62. The lowest BCUT2D eigenvalue weighted by atomic mass is 9.99. The summed E-state index contributed by atoms with van der Waals surface area (Å²) in [7, 11) is 0. The Morgan fingerprint density at radius 1 is 0.431 bits per heavy atom. The number of benzene rings is 9. The fourth-order valence-corrected chi connectivity index (χ4v) is 9.56. The first-order chi connectivity index (χ1) is 28.7. The van der Waals surface area contributed by atoms with Crippen molar-refractivity contribution in [3.05, 3.63) is 216 Å². The van der Waals surface area contributed by atoms with Gasteiger partial charge in [-0.05, 0) is 135 Å². The van der Waals surface area contributed by atoms with E-state index in [-0.39, 0.29) is 0 Å². The van der Waals surface area contributed by atoms with E-state index in [0.717, 1.165) is 34.6 Å². The first-order valence-electron chi connectivity index (χ1n) is 20.0. The van der Waals surface area contributed by atoms with Gasteiger partial charge in [0.2, 0.25) is 0 Å². The van der Waals surface area contributed by atoms with E-state index < -0.39 is 0 Å². The number of para-hydroxylation sites is 2. The first-order valence-corrected chi connectivity index (χ1v) is 20.0. The minimum absolute atomic E-state index is 0.756. The predicted octanol–water partition coefficient (Wildman–Crippen LogP) is 13.7. The van der Waals surface area contributed by atoms with Gasteiger partial charge in [0.1, 0.15) is 0 Å². The molecule has 0 amide bonds. The molecule has 0 saturated heterocycles. The summed E-state index contributed by atoms with van der Waals surface area (Å²) >= 11 is 0. The maximum absolute atomic E-state index is 6.94. The number of nitrogens with zero attached hydrogens (tertiary/aromatic N) is 2. The zero-order valence-corrected chi connectivity index (χ0v) is 31.7. The Balaban J connectivity index is 0.972. The summed E-state index contributed by atoms with van der Waals surface area (Å²) in [5, 5.41) is 7.44. The average molecular weight is 740 g/mol. The maximum atomic E-state index is 6.94. The van der Waals surface area contributed by atoms with E-state index in [1.807, 2.05) is 0 Å². The highest BCUT2D eigenvalue weighted by Crippen LogP contribution is 2.41. The number of hydrogen-bond acceptors (Lipinski definition) is 1. The first kappa shape index (κ1) is 32.6. The fourth-order valence-electron chi connectivity index (χ4n) is 9.56. The lowest BCUT2D eigenvalue weighted by molar-refractivity contribution is 1.18. The summed E-state index contributed by atoms with van der Waals surface area (Å²) in [6.45, 7) is 0. The van der Waals surface area contributed by atoms with Crippen molar-refractivity contribution in [1.29, 1.82) is 0 Å². The number of fused-ring (bicyclic) bond motifs is 10. The van der Waals surface area contributed by atoms with Crippen LogP contribution in [0.5, 0.6) is 0 Å². The van der Waals surface area contributed by atoms with Crippen molar-refractivity contribution >= 4 is 66.2 Å². The summed E-state index contributed by atoms with van der Waals surface area (Å²) in [5.41, 5.74) is 24.6. The van der Waals surface area contributed by atoms with Crippen LogP contribution in [0.25, 0.3) is 99.8 Å². The molecule has 0 bridgehead atoms. The van der Waals surface area contributed by atoms with Crippen LogP contribution in [0.1, 0.15) is 22.3 Å². The van der Waals surface area contributed by atoms with Crippen molar-refractivity contribution in [1.82, 2.24) is 9.13 Å². The van der Waals surface area contributed by atoms with E-state index >= 15 is 0 Å². The summed E-state index contributed by atoms with van der Waals surface area (Å²) < 4.78 is 4.78. The summed E-state index contributed by atoms with van der Waals surface area (Å²) in [5.74, 6) is 0. The lowest BCUT2D eigenvalue weighted by Crippen LogP contribution is -2.00. The van der Waals surface area contributed by atoms with E-state index in [1.165, 1.54) is 87.8 Å². The summed E-state index contributed by atoms with van der Waals surface area (Å²) in [6, 6.07) is 70.6. The molecule has 272 valence electrons. The zero-order valence-electron chi connectivity index (χ0n) is 31.7. The molecule has 58 heavy (non-hydrogen) atoms. The van der Waals surface area contributed by atoms with Gasteiger partial charge in [-0.25, -0.2) is 0 Å². The van der Waals surface area contributed by atoms with E-state index in [1.54, 1.807) is 0 Å². The third-order valence-corrected chi connectivity index (χ3v) is 12.3. The number of nitrogens with two attached hydrogens (primary N) is 1. The van der Waals surface area contributed by atoms with Gasteiger partial charge >= 0.3 is 0 Å². The second-order valence-electron chi connectivity index (χ2n) is 15.6. The van der Waals surface area contributed by atoms with Crippen molar-refractivity contribution in [2.75, 3.05) is 0 Å². The average Bonchev–Trinajstić information content (AvgIpc) is 3.93. The van der Waals surface area contributed by atoms with Gasteiger partial charge in [0.05, 0.1) is 22.1 Å². The van der Waals surface area contributed by atoms with E-state index in [4.69, 9.17) is 5.73 Å². The van der Waals surface area contributed by atoms with Crippen LogP contribution < -0.4 is 5.73 Å². The zero-order chi connectivity index (χ0) is 38.3. The molecule has 11 aromatic rings. The molecule has 1 aliphatic carbocycles. The maximum Gasteiger partial charge on any atom is 0.0547 e. The van der Waals surface area contributed by atoms with E-state index in [2.05, 4.69) is 209 Å². The van der Waals surface area contributed by atoms with Crippen molar-refractivity contribution in [3.8, 4) is 33.6 Å². The highest BCUT2D eigenvalue weighted by Gasteiger charge is 2.21. The molecule has 2 N–H and O–H groups in total. The predicted molar refractivity (Wildman–Crippen MR) is 245 cm³/mol. The lowest BCUT2D eigenvalue weighted by Gasteiger charge is -2.12. The largest absolute Gasteiger partial charge is 0.398 e. The van der Waals surface area contributed by atoms with Crippen molar-refractivity contribution in [2.24, 2.45) is 5.73 Å². The van der Waals surface area contributed by atoms with Gasteiger partial charge in [-0.1, -0.05) is 127 Å². The molecule has 0 radical (unpaired) electrons. The third kappa shape index (κ3) is 5.00. The summed E-state index contributed by atoms with van der Waals surface area (Å²) in [4.78, 5) is 0. The molecular weight excluding hydrogens is 703 g/mol. The molecule has 0 unspecified atom stereocenters. The molecule has 0 atom stereocenters. The van der Waals surface area contributed by atoms with Crippen LogP contribution in [0.2, 0.25) is 0 Å². The molecule has 12 rings (SSSR count). The van der Waals surface area contributed by atoms with E-state index in [9.17, 15) is 0 Å². The Labute approximate surface area is 336 Å². The molecule has 9 aromatic carbocycles. The standard InChI is InChI=1S/C55H37N3/c56-51(33-40-15-11-22-45-44-20-7-6-14-39(44)32-47(40)45)41-16-10-19-43(28-41)58-52-23-9-8-21-46(52)48-30-37(24-26-53(48)58)38-25-27-54-49(31-38)50-29-35-12-4-5-13-36(35)34-55(50)57(54)42-17-2-1-3-18-42/h1-31,33-34H,32,56H2/b51-33-. The Morgan fingerprint density at radius 2 is 1.03 bits per heavy atom. The van der Waals surface area contributed by atoms with E-state index in [0.29, 0.717) is 0 Å². The monoisotopic (exact) mass is 739 g/mol. The van der Waals surface area contributed by atoms with Crippen LogP contribution in [-0.4, -0.2) is 9.13 Å². The molecular formula is C55H37N3. The molecule has 0 aliphatic heterocycles. The SMILES string of the molecule is N/C(=C\c1cccc2c1Cc1ccccc1-2)c1cccc(-n2c3ccccc3c3cc(-c4ccc5c(c4)c4cc6ccccc6cc4n5-c4ccccc4)ccc32)c1. The van der Waals surface area contributed by atoms with Gasteiger partial charge in [0.25, 0.3) is 0 Å². The van der Waals surface area contributed by atoms with Crippen LogP contribution >= 0.6 is 0 Å². The van der Waals surface area contributed by atoms with Crippen LogP contribution in [0.15, 0.2) is 194 Å². The minimum atomic E-state index is 0.756. The molecule has 2 aromatic heterocycles. The quantitative estimate of drug-likeness (QED) is 0.175. The Bertz CT molecular complexity index is 3490. The highest BCUT2D eigenvalue weighted by molar-refractivity contribution is 6.15. The third-order valence-electron chi connectivity index (χ3n) is 12.3. The molecule has 3 nitrogen and oxygen atoms in total. The van der Waals surface area contributed by atoms with Crippen LogP contribution in [-0.2, 0) is 6.42 Å². The molecule has 0 fully saturated rings. The smallest absolute Gasteiger partial charge is 0.0547 e. The van der Waals surface area contributed by atoms with Gasteiger partial charge in [0, 0.05) is 38.6 Å². The molecule has 1 aliphatic rings. The molecule has 3 heteroatoms. The molecule has 0 spiro atoms. The topological polar surface area (TPSA) is 35.9 Å². The summed E-state index contributed by atoms with van der Waals surface area (Å²) in [6.07, 6.45) is 3.08. The minimum Gasteiger partial charge on any atom is -0.398 e. The number of rotatable bonds is 5. The van der Waals surface area contributed by atoms with Gasteiger partial charge in [-0.2, -0.15) is 0 Å². The Kier molecular flexibility index (Phi) is 7.14. The molecule has 2 heterocycles. The number of aromatic nitrogens is 2. The highest BCUT2D eigenvalue weighted by atomic mass is 15.0. The second kappa shape index (κ2) is 12.7.